The molecular formula is C10H12BrNO2. The Kier molecular flexibility index (Phi) is 2.51. The number of aliphatic hydroxyl groups excluding tert-OH is 1. The first kappa shape index (κ1) is 9.96. The van der Waals surface area contributed by atoms with Crippen molar-refractivity contribution in [2.75, 3.05) is 13.2 Å². The summed E-state index contributed by atoms with van der Waals surface area (Å²) < 4.78 is 6.44. The topological polar surface area (TPSA) is 55.5 Å². The molecule has 3 N–H and O–H groups in total. The third-order valence-electron chi connectivity index (χ3n) is 2.57. The SMILES string of the molecule is N[C@]1(CO)CCOc2cc(Br)ccc21. The van der Waals surface area contributed by atoms with Crippen molar-refractivity contribution in [3.05, 3.63) is 28.2 Å². The lowest BCUT2D eigenvalue weighted by Gasteiger charge is -2.33. The molecule has 14 heavy (non-hydrogen) atoms. The zero-order valence-corrected chi connectivity index (χ0v) is 9.25. The van der Waals surface area contributed by atoms with Crippen LogP contribution in [0.1, 0.15) is 12.0 Å². The minimum Gasteiger partial charge on any atom is -0.493 e. The highest BCUT2D eigenvalue weighted by Crippen LogP contribution is 2.36. The van der Waals surface area contributed by atoms with E-state index in [9.17, 15) is 5.11 Å². The molecule has 0 radical (unpaired) electrons. The van der Waals surface area contributed by atoms with Gasteiger partial charge in [-0.15, -0.1) is 0 Å². The largest absolute Gasteiger partial charge is 0.493 e. The number of rotatable bonds is 1. The number of hydrogen-bond donors (Lipinski definition) is 2. The normalized spacial score (nSPS) is 25.4. The highest BCUT2D eigenvalue weighted by atomic mass is 79.9. The van der Waals surface area contributed by atoms with E-state index in [2.05, 4.69) is 15.9 Å². The van der Waals surface area contributed by atoms with Gasteiger partial charge < -0.3 is 15.6 Å². The van der Waals surface area contributed by atoms with Gasteiger partial charge in [-0.05, 0) is 12.1 Å². The molecule has 0 aliphatic carbocycles. The molecule has 1 heterocycles. The molecule has 0 bridgehead atoms. The summed E-state index contributed by atoms with van der Waals surface area (Å²) in [6.07, 6.45) is 0.651. The van der Waals surface area contributed by atoms with E-state index >= 15 is 0 Å². The molecule has 1 aromatic rings. The maximum atomic E-state index is 9.27. The predicted octanol–water partition coefficient (Wildman–Crippen LogP) is 1.38. The second-order valence-electron chi connectivity index (χ2n) is 3.55. The van der Waals surface area contributed by atoms with Crippen molar-refractivity contribution in [2.45, 2.75) is 12.0 Å². The third-order valence-corrected chi connectivity index (χ3v) is 3.06. The number of fused-ring (bicyclic) bond motifs is 1. The second-order valence-corrected chi connectivity index (χ2v) is 4.47. The van der Waals surface area contributed by atoms with E-state index in [-0.39, 0.29) is 6.61 Å². The van der Waals surface area contributed by atoms with E-state index in [0.29, 0.717) is 13.0 Å². The number of hydrogen-bond acceptors (Lipinski definition) is 3. The summed E-state index contributed by atoms with van der Waals surface area (Å²) in [4.78, 5) is 0. The summed E-state index contributed by atoms with van der Waals surface area (Å²) in [6.45, 7) is 0.505. The second kappa shape index (κ2) is 3.53. The van der Waals surface area contributed by atoms with Gasteiger partial charge in [-0.25, -0.2) is 0 Å². The van der Waals surface area contributed by atoms with Gasteiger partial charge in [0.2, 0.25) is 0 Å². The molecule has 0 aromatic heterocycles. The van der Waals surface area contributed by atoms with Crippen LogP contribution in [0.15, 0.2) is 22.7 Å². The summed E-state index contributed by atoms with van der Waals surface area (Å²) in [5.74, 6) is 0.766. The molecule has 0 saturated heterocycles. The van der Waals surface area contributed by atoms with Crippen molar-refractivity contribution in [3.63, 3.8) is 0 Å². The lowest BCUT2D eigenvalue weighted by atomic mass is 9.86. The third kappa shape index (κ3) is 1.54. The Bertz CT molecular complexity index is 356. The van der Waals surface area contributed by atoms with Crippen LogP contribution < -0.4 is 10.5 Å². The van der Waals surface area contributed by atoms with Gasteiger partial charge in [0, 0.05) is 16.5 Å². The van der Waals surface area contributed by atoms with Crippen molar-refractivity contribution in [1.82, 2.24) is 0 Å². The van der Waals surface area contributed by atoms with Gasteiger partial charge in [0.05, 0.1) is 18.8 Å². The first-order valence-electron chi connectivity index (χ1n) is 4.48. The van der Waals surface area contributed by atoms with Gasteiger partial charge in [0.25, 0.3) is 0 Å². The minimum absolute atomic E-state index is 0.0506. The molecule has 0 spiro atoms. The summed E-state index contributed by atoms with van der Waals surface area (Å²) in [6, 6.07) is 5.69. The molecular weight excluding hydrogens is 246 g/mol. The van der Waals surface area contributed by atoms with E-state index in [1.807, 2.05) is 18.2 Å². The first-order valence-corrected chi connectivity index (χ1v) is 5.27. The monoisotopic (exact) mass is 257 g/mol. The van der Waals surface area contributed by atoms with Crippen molar-refractivity contribution in [1.29, 1.82) is 0 Å². The van der Waals surface area contributed by atoms with E-state index in [1.165, 1.54) is 0 Å². The standard InChI is InChI=1S/C10H12BrNO2/c11-7-1-2-8-9(5-7)14-4-3-10(8,12)6-13/h1-2,5,13H,3-4,6,12H2/t10-/m0/s1. The van der Waals surface area contributed by atoms with Crippen molar-refractivity contribution in [3.8, 4) is 5.75 Å². The van der Waals surface area contributed by atoms with Gasteiger partial charge >= 0.3 is 0 Å². The van der Waals surface area contributed by atoms with Gasteiger partial charge in [-0.2, -0.15) is 0 Å². The zero-order valence-electron chi connectivity index (χ0n) is 7.66. The van der Waals surface area contributed by atoms with Crippen LogP contribution in [-0.4, -0.2) is 18.3 Å². The quantitative estimate of drug-likeness (QED) is 0.800. The highest BCUT2D eigenvalue weighted by Gasteiger charge is 2.33. The van der Waals surface area contributed by atoms with Crippen LogP contribution >= 0.6 is 15.9 Å². The Morgan fingerprint density at radius 3 is 3.07 bits per heavy atom. The van der Waals surface area contributed by atoms with Crippen LogP contribution in [0.5, 0.6) is 5.75 Å². The maximum absolute atomic E-state index is 9.27. The molecule has 0 fully saturated rings. The van der Waals surface area contributed by atoms with Crippen LogP contribution in [0.2, 0.25) is 0 Å². The Morgan fingerprint density at radius 1 is 1.57 bits per heavy atom. The maximum Gasteiger partial charge on any atom is 0.125 e. The molecule has 76 valence electrons. The fourth-order valence-corrected chi connectivity index (χ4v) is 2.01. The van der Waals surface area contributed by atoms with Gasteiger partial charge in [-0.3, -0.25) is 0 Å². The average molecular weight is 258 g/mol. The lowest BCUT2D eigenvalue weighted by Crippen LogP contribution is -2.44. The van der Waals surface area contributed by atoms with Crippen LogP contribution in [0.3, 0.4) is 0 Å². The number of nitrogens with two attached hydrogens (primary N) is 1. The van der Waals surface area contributed by atoms with Crippen LogP contribution in [0, 0.1) is 0 Å². The summed E-state index contributed by atoms with van der Waals surface area (Å²) in [7, 11) is 0. The average Bonchev–Trinajstić information content (AvgIpc) is 2.18. The molecule has 0 unspecified atom stereocenters. The fraction of sp³-hybridized carbons (Fsp3) is 0.400. The van der Waals surface area contributed by atoms with Crippen LogP contribution in [0.25, 0.3) is 0 Å². The van der Waals surface area contributed by atoms with E-state index in [0.717, 1.165) is 15.8 Å². The number of halogens is 1. The van der Waals surface area contributed by atoms with E-state index in [1.54, 1.807) is 0 Å². The Balaban J connectivity index is 2.50. The number of aliphatic hydroxyl groups is 1. The summed E-state index contributed by atoms with van der Waals surface area (Å²) in [5, 5.41) is 9.27. The molecule has 1 atom stereocenters. The van der Waals surface area contributed by atoms with Crippen molar-refractivity contribution >= 4 is 15.9 Å². The van der Waals surface area contributed by atoms with Gasteiger partial charge in [-0.1, -0.05) is 22.0 Å². The molecule has 1 aromatic carbocycles. The first-order chi connectivity index (χ1) is 6.65. The van der Waals surface area contributed by atoms with Gasteiger partial charge in [0.15, 0.2) is 0 Å². The molecule has 3 nitrogen and oxygen atoms in total. The Labute approximate surface area is 91.0 Å². The van der Waals surface area contributed by atoms with Crippen molar-refractivity contribution in [2.24, 2.45) is 5.73 Å². The van der Waals surface area contributed by atoms with Gasteiger partial charge in [0.1, 0.15) is 5.75 Å². The lowest BCUT2D eigenvalue weighted by molar-refractivity contribution is 0.138. The highest BCUT2D eigenvalue weighted by molar-refractivity contribution is 9.10. The molecule has 0 amide bonds. The molecule has 0 saturated carbocycles. The molecule has 4 heteroatoms. The predicted molar refractivity (Wildman–Crippen MR) is 57.2 cm³/mol. The smallest absolute Gasteiger partial charge is 0.125 e. The van der Waals surface area contributed by atoms with E-state index < -0.39 is 5.54 Å². The number of ether oxygens (including phenoxy) is 1. The minimum atomic E-state index is -0.645. The Hall–Kier alpha value is -0.580. The fourth-order valence-electron chi connectivity index (χ4n) is 1.67. The Morgan fingerprint density at radius 2 is 2.36 bits per heavy atom. The van der Waals surface area contributed by atoms with E-state index in [4.69, 9.17) is 10.5 Å². The molecule has 2 rings (SSSR count). The molecule has 1 aliphatic heterocycles. The summed E-state index contributed by atoms with van der Waals surface area (Å²) in [5.41, 5.74) is 6.31. The van der Waals surface area contributed by atoms with Crippen LogP contribution in [-0.2, 0) is 5.54 Å². The number of benzene rings is 1. The molecule has 1 aliphatic rings. The van der Waals surface area contributed by atoms with Crippen LogP contribution in [0.4, 0.5) is 0 Å². The van der Waals surface area contributed by atoms with Crippen molar-refractivity contribution < 1.29 is 9.84 Å². The summed E-state index contributed by atoms with van der Waals surface area (Å²) >= 11 is 3.37. The zero-order chi connectivity index (χ0) is 10.2.